The average molecular weight is 775 g/mol. The fourth-order valence-electron chi connectivity index (χ4n) is 4.66. The van der Waals surface area contributed by atoms with E-state index in [2.05, 4.69) is 4.74 Å². The Morgan fingerprint density at radius 3 is 2.18 bits per heavy atom. The van der Waals surface area contributed by atoms with E-state index in [4.69, 9.17) is 37.4 Å². The highest BCUT2D eigenvalue weighted by Crippen LogP contribution is 2.38. The van der Waals surface area contributed by atoms with Gasteiger partial charge in [-0.05, 0) is 95.6 Å². The first-order valence-corrected chi connectivity index (χ1v) is 18.0. The molecule has 4 rings (SSSR count). The summed E-state index contributed by atoms with van der Waals surface area (Å²) in [6.07, 6.45) is 1.66. The molecule has 0 bridgehead atoms. The van der Waals surface area contributed by atoms with Gasteiger partial charge in [0.05, 0.1) is 23.6 Å². The van der Waals surface area contributed by atoms with E-state index in [9.17, 15) is 32.0 Å². The zero-order valence-corrected chi connectivity index (χ0v) is 30.9. The van der Waals surface area contributed by atoms with Crippen molar-refractivity contribution in [2.75, 3.05) is 33.8 Å². The van der Waals surface area contributed by atoms with Crippen LogP contribution in [0.4, 0.5) is 13.6 Å². The summed E-state index contributed by atoms with van der Waals surface area (Å²) in [5.41, 5.74) is -0.452. The largest absolute Gasteiger partial charge is 0.619 e. The average Bonchev–Trinajstić information content (AvgIpc) is 3.85. The van der Waals surface area contributed by atoms with Gasteiger partial charge in [-0.2, -0.15) is 17.8 Å². The fourth-order valence-corrected chi connectivity index (χ4v) is 6.55. The van der Waals surface area contributed by atoms with Crippen LogP contribution in [0.5, 0.6) is 11.5 Å². The summed E-state index contributed by atoms with van der Waals surface area (Å²) in [4.78, 5) is 27.9. The van der Waals surface area contributed by atoms with Crippen molar-refractivity contribution in [1.29, 1.82) is 0 Å². The fraction of sp³-hybridized carbons (Fsp3) is 0.441. The summed E-state index contributed by atoms with van der Waals surface area (Å²) < 4.78 is 76.3. The molecule has 1 heterocycles. The van der Waals surface area contributed by atoms with Crippen molar-refractivity contribution in [2.24, 2.45) is 5.92 Å². The van der Waals surface area contributed by atoms with E-state index in [0.717, 1.165) is 37.4 Å². The standard InChI is InChI=1S/C34H39Cl2F2N3O9S/c1-34(2,3)50-33(43)41(15-14-39(4)5)51(45,46)24-11-8-22(9-12-24)31(42)48-29(17-25-26(35)18-40(44)19-27(25)36)23-10-13-28(49-32(37)38)30(16-23)47-20-21-6-7-21/h8-13,16,18-19,21,29,32H,6-7,14-15,17,20H2,1-5H3. The van der Waals surface area contributed by atoms with Gasteiger partial charge < -0.3 is 29.1 Å². The number of pyridine rings is 1. The van der Waals surface area contributed by atoms with Gasteiger partial charge in [0, 0.05) is 18.5 Å². The first kappa shape index (κ1) is 39.9. The zero-order valence-electron chi connectivity index (χ0n) is 28.6. The van der Waals surface area contributed by atoms with E-state index < -0.39 is 40.4 Å². The van der Waals surface area contributed by atoms with Crippen molar-refractivity contribution in [1.82, 2.24) is 9.21 Å². The molecule has 17 heteroatoms. The molecule has 1 fully saturated rings. The highest BCUT2D eigenvalue weighted by atomic mass is 35.5. The van der Waals surface area contributed by atoms with E-state index in [-0.39, 0.29) is 69.6 Å². The van der Waals surface area contributed by atoms with E-state index in [0.29, 0.717) is 14.6 Å². The molecule has 0 spiro atoms. The lowest BCUT2D eigenvalue weighted by Crippen LogP contribution is -2.43. The molecule has 51 heavy (non-hydrogen) atoms. The molecule has 1 aliphatic rings. The lowest BCUT2D eigenvalue weighted by molar-refractivity contribution is -0.605. The van der Waals surface area contributed by atoms with Gasteiger partial charge in [0.1, 0.15) is 21.8 Å². The van der Waals surface area contributed by atoms with E-state index in [1.165, 1.54) is 30.3 Å². The Labute approximate surface area is 305 Å². The molecular weight excluding hydrogens is 735 g/mol. The number of carbonyl (C=O) groups is 2. The van der Waals surface area contributed by atoms with Crippen LogP contribution in [0.1, 0.15) is 61.2 Å². The van der Waals surface area contributed by atoms with Crippen LogP contribution in [0.25, 0.3) is 0 Å². The van der Waals surface area contributed by atoms with Crippen molar-refractivity contribution in [2.45, 2.75) is 63.2 Å². The number of likely N-dealkylation sites (N-methyl/N-ethyl adjacent to an activating group) is 1. The monoisotopic (exact) mass is 773 g/mol. The number of amides is 1. The van der Waals surface area contributed by atoms with Crippen molar-refractivity contribution in [3.63, 3.8) is 0 Å². The van der Waals surface area contributed by atoms with Crippen molar-refractivity contribution < 1.29 is 50.5 Å². The summed E-state index contributed by atoms with van der Waals surface area (Å²) >= 11 is 12.7. The first-order valence-electron chi connectivity index (χ1n) is 15.8. The Hall–Kier alpha value is -3.92. The van der Waals surface area contributed by atoms with Gasteiger partial charge in [-0.25, -0.2) is 18.0 Å². The van der Waals surface area contributed by atoms with E-state index in [1.807, 2.05) is 0 Å². The van der Waals surface area contributed by atoms with Crippen LogP contribution in [0, 0.1) is 11.1 Å². The molecule has 1 aliphatic carbocycles. The predicted molar refractivity (Wildman–Crippen MR) is 184 cm³/mol. The van der Waals surface area contributed by atoms with Gasteiger partial charge in [-0.1, -0.05) is 29.3 Å². The number of hydrogen-bond donors (Lipinski definition) is 0. The molecule has 3 aromatic rings. The molecule has 12 nitrogen and oxygen atoms in total. The summed E-state index contributed by atoms with van der Waals surface area (Å²) in [5.74, 6) is -0.832. The Morgan fingerprint density at radius 1 is 1.00 bits per heavy atom. The number of benzene rings is 2. The maximum absolute atomic E-state index is 13.6. The van der Waals surface area contributed by atoms with Gasteiger partial charge >= 0.3 is 18.7 Å². The molecule has 1 aromatic heterocycles. The SMILES string of the molecule is CN(C)CCN(C(=O)OC(C)(C)C)S(=O)(=O)c1ccc(C(=O)OC(Cc2c(Cl)c[n+]([O-])cc2Cl)c2ccc(OC(F)F)c(OCC3CC3)c2)cc1. The van der Waals surface area contributed by atoms with Gasteiger partial charge in [-0.15, -0.1) is 0 Å². The van der Waals surface area contributed by atoms with Crippen LogP contribution in [0.15, 0.2) is 59.8 Å². The lowest BCUT2D eigenvalue weighted by Gasteiger charge is -2.27. The van der Waals surface area contributed by atoms with Crippen molar-refractivity contribution in [3.8, 4) is 11.5 Å². The van der Waals surface area contributed by atoms with Gasteiger partial charge in [-0.3, -0.25) is 0 Å². The number of alkyl halides is 2. The number of halogens is 4. The molecule has 2 aromatic carbocycles. The molecule has 1 saturated carbocycles. The van der Waals surface area contributed by atoms with Crippen LogP contribution in [0.2, 0.25) is 10.0 Å². The summed E-state index contributed by atoms with van der Waals surface area (Å²) in [5, 5.41) is 11.9. The number of aromatic nitrogens is 1. The first-order chi connectivity index (χ1) is 23.8. The van der Waals surface area contributed by atoms with Crippen LogP contribution in [-0.4, -0.2) is 75.7 Å². The topological polar surface area (TPSA) is 139 Å². The third kappa shape index (κ3) is 11.3. The Bertz CT molecular complexity index is 1800. The van der Waals surface area contributed by atoms with E-state index >= 15 is 0 Å². The maximum Gasteiger partial charge on any atom is 0.424 e. The third-order valence-corrected chi connectivity index (χ3v) is 9.88. The number of nitrogens with zero attached hydrogens (tertiary/aromatic N) is 3. The summed E-state index contributed by atoms with van der Waals surface area (Å²) in [7, 11) is -0.965. The molecule has 0 radical (unpaired) electrons. The summed E-state index contributed by atoms with van der Waals surface area (Å²) in [6, 6.07) is 8.84. The molecule has 0 aliphatic heterocycles. The number of carbonyl (C=O) groups excluding carboxylic acids is 2. The highest BCUT2D eigenvalue weighted by molar-refractivity contribution is 7.89. The van der Waals surface area contributed by atoms with Gasteiger partial charge in [0.25, 0.3) is 10.0 Å². The van der Waals surface area contributed by atoms with Crippen LogP contribution < -0.4 is 14.2 Å². The number of esters is 1. The Kier molecular flexibility index (Phi) is 13.0. The Morgan fingerprint density at radius 2 is 1.63 bits per heavy atom. The number of hydrogen-bond acceptors (Lipinski definition) is 10. The molecule has 0 saturated heterocycles. The number of rotatable bonds is 15. The molecule has 278 valence electrons. The smallest absolute Gasteiger partial charge is 0.424 e. The second kappa shape index (κ2) is 16.6. The molecular formula is C34H39Cl2F2N3O9S. The van der Waals surface area contributed by atoms with Crippen LogP contribution in [-0.2, 0) is 25.9 Å². The minimum absolute atomic E-state index is 0.00164. The van der Waals surface area contributed by atoms with Crippen LogP contribution >= 0.6 is 23.2 Å². The van der Waals surface area contributed by atoms with E-state index in [1.54, 1.807) is 39.8 Å². The maximum atomic E-state index is 13.6. The molecule has 0 N–H and O–H groups in total. The zero-order chi connectivity index (χ0) is 37.7. The minimum Gasteiger partial charge on any atom is -0.619 e. The quantitative estimate of drug-likeness (QED) is 0.0938. The predicted octanol–water partition coefficient (Wildman–Crippen LogP) is 6.65. The van der Waals surface area contributed by atoms with Crippen molar-refractivity contribution >= 4 is 45.3 Å². The number of sulfonamides is 1. The van der Waals surface area contributed by atoms with Gasteiger partial charge in [0.2, 0.25) is 0 Å². The second-order valence-corrected chi connectivity index (χ2v) is 15.8. The normalized spacial score (nSPS) is 13.9. The summed E-state index contributed by atoms with van der Waals surface area (Å²) in [6.45, 7) is 2.01. The number of ether oxygens (including phenoxy) is 4. The van der Waals surface area contributed by atoms with Gasteiger partial charge in [0.15, 0.2) is 23.9 Å². The minimum atomic E-state index is -4.41. The molecule has 1 atom stereocenters. The second-order valence-electron chi connectivity index (χ2n) is 13.1. The lowest BCUT2D eigenvalue weighted by atomic mass is 10.0. The third-order valence-electron chi connectivity index (χ3n) is 7.45. The van der Waals surface area contributed by atoms with Crippen molar-refractivity contribution in [3.05, 3.63) is 86.8 Å². The molecule has 1 unspecified atom stereocenters. The molecule has 1 amide bonds. The van der Waals surface area contributed by atoms with Crippen LogP contribution in [0.3, 0.4) is 0 Å². The highest BCUT2D eigenvalue weighted by Gasteiger charge is 2.33. The Balaban J connectivity index is 1.65.